The number of guanidine groups is 1. The van der Waals surface area contributed by atoms with Crippen LogP contribution in [0.1, 0.15) is 65.2 Å². The zero-order chi connectivity index (χ0) is 27.5. The van der Waals surface area contributed by atoms with E-state index in [1.165, 1.54) is 11.6 Å². The van der Waals surface area contributed by atoms with Crippen molar-refractivity contribution < 1.29 is 9.18 Å². The SMILES string of the molecule is CCC/C=C\c1cc(Br)cc(CCc2c(F)cccc2C(=O)NC(N)=NCC2CCN(CSC)CC2)c1C. The number of piperidine rings is 1. The number of amides is 1. The quantitative estimate of drug-likeness (QED) is 0.225. The summed E-state index contributed by atoms with van der Waals surface area (Å²) in [5.41, 5.74) is 10.2. The van der Waals surface area contributed by atoms with E-state index in [1.54, 1.807) is 12.1 Å². The fraction of sp³-hybridized carbons (Fsp3) is 0.467. The third kappa shape index (κ3) is 8.95. The molecule has 0 bridgehead atoms. The van der Waals surface area contributed by atoms with Crippen LogP contribution in [0, 0.1) is 18.7 Å². The van der Waals surface area contributed by atoms with E-state index in [0.717, 1.165) is 60.2 Å². The van der Waals surface area contributed by atoms with Gasteiger partial charge in [0.2, 0.25) is 0 Å². The van der Waals surface area contributed by atoms with Crippen LogP contribution in [0.15, 0.2) is 45.9 Å². The minimum absolute atomic E-state index is 0.0862. The van der Waals surface area contributed by atoms with Gasteiger partial charge in [0.1, 0.15) is 5.82 Å². The first kappa shape index (κ1) is 30.4. The second-order valence-corrected chi connectivity index (χ2v) is 11.6. The van der Waals surface area contributed by atoms with Gasteiger partial charge in [0, 0.05) is 28.0 Å². The summed E-state index contributed by atoms with van der Waals surface area (Å²) in [6.07, 6.45) is 11.7. The number of nitrogens with zero attached hydrogens (tertiary/aromatic N) is 2. The minimum atomic E-state index is -0.426. The Hall–Kier alpha value is -2.16. The van der Waals surface area contributed by atoms with Crippen molar-refractivity contribution >= 4 is 45.6 Å². The van der Waals surface area contributed by atoms with Gasteiger partial charge in [0.15, 0.2) is 5.96 Å². The van der Waals surface area contributed by atoms with E-state index >= 15 is 0 Å². The lowest BCUT2D eigenvalue weighted by Gasteiger charge is -2.30. The summed E-state index contributed by atoms with van der Waals surface area (Å²) in [7, 11) is 0. The van der Waals surface area contributed by atoms with Crippen LogP contribution in [-0.2, 0) is 12.8 Å². The molecule has 0 aliphatic carbocycles. The van der Waals surface area contributed by atoms with E-state index < -0.39 is 5.91 Å². The molecule has 5 nitrogen and oxygen atoms in total. The van der Waals surface area contributed by atoms with Gasteiger partial charge in [-0.2, -0.15) is 0 Å². The Bertz CT molecular complexity index is 1150. The highest BCUT2D eigenvalue weighted by Gasteiger charge is 2.20. The van der Waals surface area contributed by atoms with Crippen LogP contribution in [0.25, 0.3) is 6.08 Å². The number of benzene rings is 2. The van der Waals surface area contributed by atoms with E-state index in [9.17, 15) is 9.18 Å². The van der Waals surface area contributed by atoms with Gasteiger partial charge in [-0.05, 0) is 105 Å². The predicted octanol–water partition coefficient (Wildman–Crippen LogP) is 6.57. The Kier molecular flexibility index (Phi) is 12.3. The summed E-state index contributed by atoms with van der Waals surface area (Å²) < 4.78 is 15.9. The fourth-order valence-corrected chi connectivity index (χ4v) is 5.93. The van der Waals surface area contributed by atoms with Gasteiger partial charge in [-0.25, -0.2) is 4.39 Å². The highest BCUT2D eigenvalue weighted by Crippen LogP contribution is 2.25. The van der Waals surface area contributed by atoms with Crippen molar-refractivity contribution in [1.29, 1.82) is 0 Å². The van der Waals surface area contributed by atoms with Crippen molar-refractivity contribution in [1.82, 2.24) is 10.2 Å². The molecular weight excluding hydrogens is 563 g/mol. The third-order valence-corrected chi connectivity index (χ3v) is 8.14. The largest absolute Gasteiger partial charge is 0.370 e. The van der Waals surface area contributed by atoms with Gasteiger partial charge in [0.05, 0.1) is 0 Å². The van der Waals surface area contributed by atoms with Crippen LogP contribution >= 0.6 is 27.7 Å². The topological polar surface area (TPSA) is 70.7 Å². The monoisotopic (exact) mass is 602 g/mol. The summed E-state index contributed by atoms with van der Waals surface area (Å²) in [5, 5.41) is 2.68. The van der Waals surface area contributed by atoms with Gasteiger partial charge in [-0.15, -0.1) is 11.8 Å². The standard InChI is InChI=1S/C30H40BrFN4OS/c1-4-5-6-8-23-17-25(31)18-24(21(23)2)11-12-26-27(9-7-10-28(26)32)29(37)35-30(33)34-19-22-13-15-36(16-14-22)20-38-3/h6-10,17-18,22H,4-5,11-16,19-20H2,1-3H3,(H3,33,34,35,37)/b8-6-. The molecular formula is C30H40BrFN4OS. The number of unbranched alkanes of at least 4 members (excludes halogenated alkanes) is 1. The number of allylic oxidation sites excluding steroid dienone is 1. The zero-order valence-corrected chi connectivity index (χ0v) is 25.1. The fourth-order valence-electron chi connectivity index (χ4n) is 4.78. The van der Waals surface area contributed by atoms with Gasteiger partial charge in [-0.3, -0.25) is 20.0 Å². The molecule has 0 unspecified atom stereocenters. The molecule has 206 valence electrons. The summed E-state index contributed by atoms with van der Waals surface area (Å²) >= 11 is 5.45. The zero-order valence-electron chi connectivity index (χ0n) is 22.7. The molecule has 1 amide bonds. The van der Waals surface area contributed by atoms with Gasteiger partial charge >= 0.3 is 0 Å². The van der Waals surface area contributed by atoms with Crippen molar-refractivity contribution in [2.75, 3.05) is 31.8 Å². The number of hydrogen-bond acceptors (Lipinski definition) is 4. The van der Waals surface area contributed by atoms with E-state index in [4.69, 9.17) is 5.73 Å². The Balaban J connectivity index is 1.66. The first-order valence-electron chi connectivity index (χ1n) is 13.4. The molecule has 1 aliphatic heterocycles. The van der Waals surface area contributed by atoms with Crippen molar-refractivity contribution in [2.24, 2.45) is 16.6 Å². The van der Waals surface area contributed by atoms with Crippen LogP contribution in [0.3, 0.4) is 0 Å². The van der Waals surface area contributed by atoms with Crippen molar-refractivity contribution in [3.8, 4) is 0 Å². The lowest BCUT2D eigenvalue weighted by Crippen LogP contribution is -2.38. The number of aliphatic imine (C=N–C) groups is 1. The second-order valence-electron chi connectivity index (χ2n) is 9.90. The van der Waals surface area contributed by atoms with Crippen LogP contribution in [0.4, 0.5) is 4.39 Å². The average Bonchev–Trinajstić information content (AvgIpc) is 2.90. The number of thioether (sulfide) groups is 1. The molecule has 1 aliphatic rings. The molecule has 2 aromatic rings. The lowest BCUT2D eigenvalue weighted by atomic mass is 9.94. The Labute approximate surface area is 239 Å². The van der Waals surface area contributed by atoms with Gasteiger partial charge in [0.25, 0.3) is 5.91 Å². The number of carbonyl (C=O) groups excluding carboxylic acids is 1. The molecule has 1 saturated heterocycles. The number of hydrogen-bond donors (Lipinski definition) is 2. The van der Waals surface area contributed by atoms with Crippen LogP contribution < -0.4 is 11.1 Å². The number of nitrogens with two attached hydrogens (primary N) is 1. The summed E-state index contributed by atoms with van der Waals surface area (Å²) in [6, 6.07) is 8.78. The molecule has 2 aromatic carbocycles. The molecule has 8 heteroatoms. The molecule has 3 rings (SSSR count). The number of nitrogens with one attached hydrogen (secondary N) is 1. The Morgan fingerprint density at radius 2 is 2.05 bits per heavy atom. The van der Waals surface area contributed by atoms with Crippen molar-refractivity contribution in [3.63, 3.8) is 0 Å². The van der Waals surface area contributed by atoms with Crippen LogP contribution in [0.5, 0.6) is 0 Å². The molecule has 0 saturated carbocycles. The smallest absolute Gasteiger partial charge is 0.258 e. The average molecular weight is 604 g/mol. The number of rotatable bonds is 11. The van der Waals surface area contributed by atoms with Crippen LogP contribution in [-0.4, -0.2) is 48.5 Å². The van der Waals surface area contributed by atoms with Gasteiger partial charge < -0.3 is 5.73 Å². The Morgan fingerprint density at radius 3 is 2.76 bits per heavy atom. The molecule has 0 atom stereocenters. The molecule has 38 heavy (non-hydrogen) atoms. The maximum Gasteiger partial charge on any atom is 0.258 e. The number of halogens is 2. The first-order valence-corrected chi connectivity index (χ1v) is 15.6. The third-order valence-electron chi connectivity index (χ3n) is 7.06. The van der Waals surface area contributed by atoms with E-state index in [2.05, 4.69) is 75.5 Å². The van der Waals surface area contributed by atoms with E-state index in [0.29, 0.717) is 36.4 Å². The maximum absolute atomic E-state index is 14.9. The minimum Gasteiger partial charge on any atom is -0.370 e. The summed E-state index contributed by atoms with van der Waals surface area (Å²) in [5.74, 6) is 0.791. The number of aryl methyl sites for hydroxylation is 1. The van der Waals surface area contributed by atoms with Crippen molar-refractivity contribution in [3.05, 3.63) is 74.5 Å². The highest BCUT2D eigenvalue weighted by atomic mass is 79.9. The predicted molar refractivity (Wildman–Crippen MR) is 163 cm³/mol. The highest BCUT2D eigenvalue weighted by molar-refractivity contribution is 9.10. The van der Waals surface area contributed by atoms with E-state index in [-0.39, 0.29) is 11.8 Å². The number of carbonyl (C=O) groups is 1. The van der Waals surface area contributed by atoms with Crippen molar-refractivity contribution in [2.45, 2.75) is 52.4 Å². The number of likely N-dealkylation sites (tertiary alicyclic amines) is 1. The summed E-state index contributed by atoms with van der Waals surface area (Å²) in [6.45, 7) is 6.96. The molecule has 0 radical (unpaired) electrons. The molecule has 1 heterocycles. The molecule has 0 aromatic heterocycles. The summed E-state index contributed by atoms with van der Waals surface area (Å²) in [4.78, 5) is 19.9. The molecule has 1 fully saturated rings. The normalized spacial score (nSPS) is 15.3. The molecule has 3 N–H and O–H groups in total. The van der Waals surface area contributed by atoms with E-state index in [1.807, 2.05) is 11.8 Å². The maximum atomic E-state index is 14.9. The molecule has 0 spiro atoms. The Morgan fingerprint density at radius 1 is 1.29 bits per heavy atom. The second kappa shape index (κ2) is 15.4. The lowest BCUT2D eigenvalue weighted by molar-refractivity contribution is 0.0975. The first-order chi connectivity index (χ1) is 18.3. The van der Waals surface area contributed by atoms with Crippen LogP contribution in [0.2, 0.25) is 0 Å². The van der Waals surface area contributed by atoms with Gasteiger partial charge in [-0.1, -0.05) is 47.5 Å².